The van der Waals surface area contributed by atoms with Crippen LogP contribution in [0.3, 0.4) is 0 Å². The Hall–Kier alpha value is -1.95. The van der Waals surface area contributed by atoms with Gasteiger partial charge in [0.25, 0.3) is 5.69 Å². The summed E-state index contributed by atoms with van der Waals surface area (Å²) in [5.41, 5.74) is 4.79. The van der Waals surface area contributed by atoms with E-state index in [9.17, 15) is 14.9 Å². The first-order valence-corrected chi connectivity index (χ1v) is 9.31. The van der Waals surface area contributed by atoms with Crippen LogP contribution >= 0.6 is 11.8 Å². The molecule has 1 aromatic rings. The Labute approximate surface area is 144 Å². The first-order valence-electron chi connectivity index (χ1n) is 8.26. The number of aliphatic imine (C=N–C) groups is 1. The molecule has 0 spiro atoms. The summed E-state index contributed by atoms with van der Waals surface area (Å²) in [7, 11) is 0. The number of benzene rings is 1. The lowest BCUT2D eigenvalue weighted by atomic mass is 9.77. The molecule has 1 fully saturated rings. The van der Waals surface area contributed by atoms with E-state index in [0.717, 1.165) is 41.8 Å². The van der Waals surface area contributed by atoms with Gasteiger partial charge in [-0.15, -0.1) is 0 Å². The molecule has 0 saturated carbocycles. The van der Waals surface area contributed by atoms with Gasteiger partial charge < -0.3 is 0 Å². The average Bonchev–Trinajstić information content (AvgIpc) is 3.00. The highest BCUT2D eigenvalue weighted by atomic mass is 32.2. The van der Waals surface area contributed by atoms with E-state index in [1.54, 1.807) is 13.0 Å². The van der Waals surface area contributed by atoms with E-state index in [2.05, 4.69) is 0 Å². The molecule has 1 aliphatic carbocycles. The highest BCUT2D eigenvalue weighted by molar-refractivity contribution is 8.01. The second-order valence-corrected chi connectivity index (χ2v) is 7.81. The number of hydrogen-bond donors (Lipinski definition) is 0. The van der Waals surface area contributed by atoms with Crippen molar-refractivity contribution in [2.45, 2.75) is 43.8 Å². The zero-order valence-electron chi connectivity index (χ0n) is 13.4. The van der Waals surface area contributed by atoms with Crippen LogP contribution in [0.1, 0.15) is 42.7 Å². The van der Waals surface area contributed by atoms with Crippen molar-refractivity contribution in [1.29, 1.82) is 0 Å². The van der Waals surface area contributed by atoms with Crippen molar-refractivity contribution >= 4 is 28.9 Å². The molecule has 0 amide bonds. The smallest absolute Gasteiger partial charge is 0.272 e. The molecule has 0 radical (unpaired) electrons. The molecule has 2 unspecified atom stereocenters. The third kappa shape index (κ3) is 2.40. The molecule has 4 rings (SSSR count). The van der Waals surface area contributed by atoms with E-state index in [-0.39, 0.29) is 27.6 Å². The van der Waals surface area contributed by atoms with Crippen molar-refractivity contribution in [3.63, 3.8) is 0 Å². The summed E-state index contributed by atoms with van der Waals surface area (Å²) >= 11 is 1.85. The Morgan fingerprint density at radius 2 is 2.12 bits per heavy atom. The quantitative estimate of drug-likeness (QED) is 0.602. The van der Waals surface area contributed by atoms with Crippen LogP contribution in [-0.2, 0) is 4.79 Å². The van der Waals surface area contributed by atoms with Crippen molar-refractivity contribution in [3.8, 4) is 0 Å². The van der Waals surface area contributed by atoms with Crippen molar-refractivity contribution < 1.29 is 9.72 Å². The first kappa shape index (κ1) is 15.6. The molecule has 6 heteroatoms. The van der Waals surface area contributed by atoms with Crippen molar-refractivity contribution in [1.82, 2.24) is 0 Å². The van der Waals surface area contributed by atoms with E-state index >= 15 is 0 Å². The van der Waals surface area contributed by atoms with E-state index < -0.39 is 0 Å². The van der Waals surface area contributed by atoms with Crippen molar-refractivity contribution in [3.05, 3.63) is 50.7 Å². The van der Waals surface area contributed by atoms with Gasteiger partial charge in [0.05, 0.1) is 10.2 Å². The van der Waals surface area contributed by atoms with Crippen molar-refractivity contribution in [2.24, 2.45) is 4.99 Å². The highest BCUT2D eigenvalue weighted by Gasteiger charge is 2.42. The zero-order chi connectivity index (χ0) is 16.8. The van der Waals surface area contributed by atoms with E-state index in [4.69, 9.17) is 4.99 Å². The normalized spacial score (nSPS) is 26.0. The predicted molar refractivity (Wildman–Crippen MR) is 94.8 cm³/mol. The van der Waals surface area contributed by atoms with Crippen LogP contribution in [0, 0.1) is 17.0 Å². The molecule has 24 heavy (non-hydrogen) atoms. The SMILES string of the molecule is Cc1cc(C2C3=C(CCCC3=O)N=C3CCSC32)ccc1[N+](=O)[O-]. The topological polar surface area (TPSA) is 72.6 Å². The molecular weight excluding hydrogens is 324 g/mol. The summed E-state index contributed by atoms with van der Waals surface area (Å²) < 4.78 is 0. The molecule has 2 heterocycles. The predicted octanol–water partition coefficient (Wildman–Crippen LogP) is 3.95. The van der Waals surface area contributed by atoms with Crippen LogP contribution in [0.4, 0.5) is 5.69 Å². The molecule has 1 saturated heterocycles. The fourth-order valence-electron chi connectivity index (χ4n) is 4.00. The van der Waals surface area contributed by atoms with Gasteiger partial charge in [-0.05, 0) is 43.6 Å². The van der Waals surface area contributed by atoms with Crippen LogP contribution in [0.2, 0.25) is 0 Å². The number of ketones is 1. The lowest BCUT2D eigenvalue weighted by Gasteiger charge is -2.33. The second-order valence-electron chi connectivity index (χ2n) is 6.56. The summed E-state index contributed by atoms with van der Waals surface area (Å²) in [6.07, 6.45) is 3.30. The number of hydrogen-bond acceptors (Lipinski definition) is 5. The Morgan fingerprint density at radius 1 is 1.29 bits per heavy atom. The third-order valence-electron chi connectivity index (χ3n) is 5.08. The Kier molecular flexibility index (Phi) is 3.79. The van der Waals surface area contributed by atoms with Gasteiger partial charge in [0.2, 0.25) is 0 Å². The maximum Gasteiger partial charge on any atom is 0.272 e. The molecule has 124 valence electrons. The summed E-state index contributed by atoms with van der Waals surface area (Å²) in [5, 5.41) is 11.3. The number of nitro benzene ring substituents is 1. The third-order valence-corrected chi connectivity index (χ3v) is 6.42. The van der Waals surface area contributed by atoms with Gasteiger partial charge >= 0.3 is 0 Å². The number of Topliss-reactive ketones (excluding diaryl/α,β-unsaturated/α-hetero) is 1. The van der Waals surface area contributed by atoms with Crippen LogP contribution in [0.25, 0.3) is 0 Å². The highest BCUT2D eigenvalue weighted by Crippen LogP contribution is 2.47. The molecule has 0 N–H and O–H groups in total. The average molecular weight is 342 g/mol. The monoisotopic (exact) mass is 342 g/mol. The molecule has 2 aliphatic heterocycles. The number of aryl methyl sites for hydroxylation is 1. The molecular formula is C18H18N2O3S. The van der Waals surface area contributed by atoms with Crippen LogP contribution in [-0.4, -0.2) is 27.4 Å². The second kappa shape index (κ2) is 5.84. The van der Waals surface area contributed by atoms with E-state index in [1.807, 2.05) is 23.9 Å². The maximum atomic E-state index is 12.6. The van der Waals surface area contributed by atoms with E-state index in [0.29, 0.717) is 12.0 Å². The molecule has 3 aliphatic rings. The number of nitro groups is 1. The Morgan fingerprint density at radius 3 is 2.88 bits per heavy atom. The molecule has 1 aromatic carbocycles. The number of rotatable bonds is 2. The molecule has 0 aromatic heterocycles. The molecule has 2 atom stereocenters. The standard InChI is InChI=1S/C18H18N2O3S/c1-10-9-11(5-6-14(10)20(22)23)16-17-12(3-2-4-15(17)21)19-13-7-8-24-18(13)16/h5-6,9,16,18H,2-4,7-8H2,1H3. The first-order chi connectivity index (χ1) is 11.6. The summed E-state index contributed by atoms with van der Waals surface area (Å²) in [6, 6.07) is 5.28. The van der Waals surface area contributed by atoms with Crippen LogP contribution < -0.4 is 0 Å². The fourth-order valence-corrected chi connectivity index (χ4v) is 5.43. The van der Waals surface area contributed by atoms with Crippen molar-refractivity contribution in [2.75, 3.05) is 5.75 Å². The van der Waals surface area contributed by atoms with Gasteiger partial charge in [-0.25, -0.2) is 0 Å². The van der Waals surface area contributed by atoms with Gasteiger partial charge in [0.1, 0.15) is 0 Å². The molecule has 5 nitrogen and oxygen atoms in total. The minimum atomic E-state index is -0.354. The number of thioether (sulfide) groups is 1. The van der Waals surface area contributed by atoms with Crippen LogP contribution in [0.15, 0.2) is 34.5 Å². The lowest BCUT2D eigenvalue weighted by Crippen LogP contribution is -2.32. The summed E-state index contributed by atoms with van der Waals surface area (Å²) in [4.78, 5) is 28.2. The van der Waals surface area contributed by atoms with Gasteiger partial charge in [0, 0.05) is 41.0 Å². The summed E-state index contributed by atoms with van der Waals surface area (Å²) in [5.74, 6) is 1.22. The minimum absolute atomic E-state index is 0.00713. The number of carbonyl (C=O) groups is 1. The summed E-state index contributed by atoms with van der Waals surface area (Å²) in [6.45, 7) is 1.76. The maximum absolute atomic E-state index is 12.6. The number of fused-ring (bicyclic) bond motifs is 1. The number of carbonyl (C=O) groups excluding carboxylic acids is 1. The van der Waals surface area contributed by atoms with Crippen LogP contribution in [0.5, 0.6) is 0 Å². The number of nitrogens with zero attached hydrogens (tertiary/aromatic N) is 2. The minimum Gasteiger partial charge on any atom is -0.294 e. The van der Waals surface area contributed by atoms with Gasteiger partial charge in [-0.3, -0.25) is 19.9 Å². The fraction of sp³-hybridized carbons (Fsp3) is 0.444. The lowest BCUT2D eigenvalue weighted by molar-refractivity contribution is -0.385. The largest absolute Gasteiger partial charge is 0.294 e. The van der Waals surface area contributed by atoms with E-state index in [1.165, 1.54) is 5.71 Å². The zero-order valence-corrected chi connectivity index (χ0v) is 14.3. The number of allylic oxidation sites excluding steroid dienone is 2. The van der Waals surface area contributed by atoms with Gasteiger partial charge in [-0.1, -0.05) is 6.07 Å². The Bertz CT molecular complexity index is 812. The van der Waals surface area contributed by atoms with Gasteiger partial charge in [0.15, 0.2) is 5.78 Å². The van der Waals surface area contributed by atoms with Gasteiger partial charge in [-0.2, -0.15) is 11.8 Å². The Balaban J connectivity index is 1.84. The molecule has 0 bridgehead atoms.